The van der Waals surface area contributed by atoms with E-state index in [4.69, 9.17) is 24.1 Å². The quantitative estimate of drug-likeness (QED) is 0.395. The number of carboxylic acid groups (broad SMARTS) is 1. The Morgan fingerprint density at radius 2 is 1.84 bits per heavy atom. The summed E-state index contributed by atoms with van der Waals surface area (Å²) < 4.78 is 22.7. The number of hydrogen-bond acceptors (Lipinski definition) is 6. The maximum absolute atomic E-state index is 11.8. The van der Waals surface area contributed by atoms with E-state index in [1.165, 1.54) is 0 Å². The lowest BCUT2D eigenvalue weighted by atomic mass is 9.98. The third kappa shape index (κ3) is 4.52. The smallest absolute Gasteiger partial charge is 0.338 e. The van der Waals surface area contributed by atoms with Gasteiger partial charge in [-0.2, -0.15) is 0 Å². The molecule has 0 bridgehead atoms. The first-order chi connectivity index (χ1) is 15.5. The lowest BCUT2D eigenvalue weighted by Crippen LogP contribution is -2.14. The van der Waals surface area contributed by atoms with Gasteiger partial charge in [0.05, 0.1) is 26.4 Å². The summed E-state index contributed by atoms with van der Waals surface area (Å²) in [6.45, 7) is 0.800. The lowest BCUT2D eigenvalue weighted by Gasteiger charge is -2.21. The zero-order valence-electron chi connectivity index (χ0n) is 18.4. The van der Waals surface area contributed by atoms with Crippen molar-refractivity contribution in [1.82, 2.24) is 0 Å². The van der Waals surface area contributed by atoms with Crippen molar-refractivity contribution < 1.29 is 33.6 Å². The van der Waals surface area contributed by atoms with Gasteiger partial charge in [0.25, 0.3) is 0 Å². The van der Waals surface area contributed by atoms with Crippen molar-refractivity contribution in [2.75, 3.05) is 20.8 Å². The molecule has 1 N–H and O–H groups in total. The van der Waals surface area contributed by atoms with Gasteiger partial charge in [0.1, 0.15) is 6.61 Å². The Bertz CT molecular complexity index is 1020. The Hall–Kier alpha value is -3.22. The summed E-state index contributed by atoms with van der Waals surface area (Å²) in [6.07, 6.45) is 4.84. The fourth-order valence-electron chi connectivity index (χ4n) is 4.21. The second kappa shape index (κ2) is 9.10. The molecule has 1 aliphatic heterocycles. The summed E-state index contributed by atoms with van der Waals surface area (Å²) in [5.41, 5.74) is 3.29. The van der Waals surface area contributed by atoms with Crippen LogP contribution < -0.4 is 14.2 Å². The average molecular weight is 440 g/mol. The number of rotatable bonds is 11. The molecule has 1 fully saturated rings. The van der Waals surface area contributed by atoms with Crippen LogP contribution >= 0.6 is 0 Å². The first-order valence-electron chi connectivity index (χ1n) is 10.9. The number of cyclic esters (lactones) is 1. The number of esters is 1. The Morgan fingerprint density at radius 3 is 2.53 bits per heavy atom. The number of aliphatic carboxylic acids is 1. The molecule has 32 heavy (non-hydrogen) atoms. The Kier molecular flexibility index (Phi) is 6.26. The Morgan fingerprint density at radius 1 is 1.06 bits per heavy atom. The molecule has 0 atom stereocenters. The molecular weight excluding hydrogens is 412 g/mol. The molecule has 2 aliphatic rings. The zero-order valence-corrected chi connectivity index (χ0v) is 18.4. The highest BCUT2D eigenvalue weighted by molar-refractivity contribution is 5.94. The van der Waals surface area contributed by atoms with Crippen LogP contribution in [0.3, 0.4) is 0 Å². The first kappa shape index (κ1) is 22.0. The van der Waals surface area contributed by atoms with E-state index in [9.17, 15) is 9.59 Å². The fraction of sp³-hybridized carbons (Fsp3) is 0.440. The molecule has 0 aromatic heterocycles. The van der Waals surface area contributed by atoms with Crippen LogP contribution in [0.25, 0.3) is 11.1 Å². The molecule has 0 amide bonds. The van der Waals surface area contributed by atoms with Crippen LogP contribution in [0.1, 0.15) is 54.4 Å². The monoisotopic (exact) mass is 440 g/mol. The van der Waals surface area contributed by atoms with Crippen LogP contribution in [0.2, 0.25) is 0 Å². The Labute approximate surface area is 187 Å². The molecule has 0 spiro atoms. The van der Waals surface area contributed by atoms with Crippen molar-refractivity contribution in [3.8, 4) is 28.4 Å². The summed E-state index contributed by atoms with van der Waals surface area (Å²) in [6, 6.07) is 9.40. The van der Waals surface area contributed by atoms with Gasteiger partial charge in [-0.1, -0.05) is 12.5 Å². The van der Waals surface area contributed by atoms with Crippen molar-refractivity contribution >= 4 is 11.9 Å². The molecule has 7 heteroatoms. The summed E-state index contributed by atoms with van der Waals surface area (Å²) in [5, 5.41) is 8.85. The molecule has 1 saturated carbocycles. The third-order valence-corrected chi connectivity index (χ3v) is 6.32. The molecule has 0 saturated heterocycles. The van der Waals surface area contributed by atoms with Gasteiger partial charge in [-0.05, 0) is 55.5 Å². The molecule has 4 rings (SSSR count). The van der Waals surface area contributed by atoms with Gasteiger partial charge >= 0.3 is 11.9 Å². The van der Waals surface area contributed by atoms with Gasteiger partial charge in [-0.25, -0.2) is 4.79 Å². The summed E-state index contributed by atoms with van der Waals surface area (Å²) >= 11 is 0. The molecule has 1 aliphatic carbocycles. The molecule has 7 nitrogen and oxygen atoms in total. The van der Waals surface area contributed by atoms with Gasteiger partial charge in [-0.15, -0.1) is 0 Å². The van der Waals surface area contributed by atoms with Crippen molar-refractivity contribution in [2.45, 2.75) is 45.1 Å². The molecule has 170 valence electrons. The van der Waals surface area contributed by atoms with E-state index in [2.05, 4.69) is 0 Å². The third-order valence-electron chi connectivity index (χ3n) is 6.32. The minimum atomic E-state index is -0.752. The predicted molar refractivity (Wildman–Crippen MR) is 117 cm³/mol. The predicted octanol–water partition coefficient (Wildman–Crippen LogP) is 4.85. The number of fused-ring (bicyclic) bond motifs is 1. The molecule has 0 radical (unpaired) electrons. The van der Waals surface area contributed by atoms with Gasteiger partial charge in [-0.3, -0.25) is 4.79 Å². The number of hydrogen-bond donors (Lipinski definition) is 1. The van der Waals surface area contributed by atoms with Crippen molar-refractivity contribution in [3.63, 3.8) is 0 Å². The van der Waals surface area contributed by atoms with E-state index in [1.54, 1.807) is 20.3 Å². The van der Waals surface area contributed by atoms with Gasteiger partial charge in [0, 0.05) is 23.0 Å². The number of methoxy groups -OCH3 is 2. The van der Waals surface area contributed by atoms with E-state index in [-0.39, 0.29) is 24.4 Å². The van der Waals surface area contributed by atoms with E-state index >= 15 is 0 Å². The number of carbonyl (C=O) groups is 2. The summed E-state index contributed by atoms with van der Waals surface area (Å²) in [7, 11) is 3.17. The van der Waals surface area contributed by atoms with E-state index in [1.807, 2.05) is 24.3 Å². The highest BCUT2D eigenvalue weighted by atomic mass is 16.5. The highest BCUT2D eigenvalue weighted by Crippen LogP contribution is 2.52. The zero-order chi connectivity index (χ0) is 22.7. The number of ether oxygens (including phenoxy) is 4. The van der Waals surface area contributed by atoms with Gasteiger partial charge in [0.15, 0.2) is 11.5 Å². The van der Waals surface area contributed by atoms with Gasteiger partial charge in [0.2, 0.25) is 5.75 Å². The number of benzene rings is 2. The average Bonchev–Trinajstić information content (AvgIpc) is 3.48. The number of carbonyl (C=O) groups excluding carboxylic acids is 1. The minimum Gasteiger partial charge on any atom is -0.493 e. The van der Waals surface area contributed by atoms with Crippen LogP contribution in [0.15, 0.2) is 30.3 Å². The molecule has 2 aromatic rings. The van der Waals surface area contributed by atoms with Crippen LogP contribution in [0.4, 0.5) is 0 Å². The maximum atomic E-state index is 11.8. The largest absolute Gasteiger partial charge is 0.493 e. The maximum Gasteiger partial charge on any atom is 0.338 e. The topological polar surface area (TPSA) is 91.3 Å². The molecule has 0 unspecified atom stereocenters. The van der Waals surface area contributed by atoms with E-state index < -0.39 is 5.97 Å². The Balaban J connectivity index is 1.58. The minimum absolute atomic E-state index is 0.0854. The number of carboxylic acids is 1. The molecule has 2 aromatic carbocycles. The van der Waals surface area contributed by atoms with Crippen LogP contribution in [0, 0.1) is 5.41 Å². The van der Waals surface area contributed by atoms with Crippen molar-refractivity contribution in [3.05, 3.63) is 41.5 Å². The van der Waals surface area contributed by atoms with Crippen molar-refractivity contribution in [1.29, 1.82) is 0 Å². The SMILES string of the molecule is COc1ccc(-c2ccc3c(c2)COC3=O)c(OCC2(CCCCC(=O)O)CC2)c1OC. The summed E-state index contributed by atoms with van der Waals surface area (Å²) in [4.78, 5) is 22.6. The fourth-order valence-corrected chi connectivity index (χ4v) is 4.21. The van der Waals surface area contributed by atoms with Crippen LogP contribution in [0.5, 0.6) is 17.2 Å². The van der Waals surface area contributed by atoms with Crippen LogP contribution in [-0.4, -0.2) is 37.9 Å². The van der Waals surface area contributed by atoms with Crippen molar-refractivity contribution in [2.24, 2.45) is 5.41 Å². The summed E-state index contributed by atoms with van der Waals surface area (Å²) in [5.74, 6) is 0.665. The van der Waals surface area contributed by atoms with E-state index in [0.29, 0.717) is 35.8 Å². The number of unbranched alkanes of at least 4 members (excludes halogenated alkanes) is 1. The first-order valence-corrected chi connectivity index (χ1v) is 10.9. The second-order valence-electron chi connectivity index (χ2n) is 8.52. The molecular formula is C25H28O7. The lowest BCUT2D eigenvalue weighted by molar-refractivity contribution is -0.137. The molecule has 1 heterocycles. The van der Waals surface area contributed by atoms with Crippen LogP contribution in [-0.2, 0) is 16.1 Å². The highest BCUT2D eigenvalue weighted by Gasteiger charge is 2.43. The normalized spacial score (nSPS) is 15.6. The second-order valence-corrected chi connectivity index (χ2v) is 8.52. The standard InChI is InChI=1S/C25H28O7/c1-29-20-9-8-18(16-6-7-19-17(13-16)14-31-24(19)28)22(23(20)30-2)32-15-25(11-12-25)10-4-3-5-21(26)27/h6-9,13H,3-5,10-12,14-15H2,1-2H3,(H,26,27). The van der Waals surface area contributed by atoms with Gasteiger partial charge < -0.3 is 24.1 Å². The van der Waals surface area contributed by atoms with E-state index in [0.717, 1.165) is 42.4 Å².